The SMILES string of the molecule is CCC.CCc1ccc2ccc(/C=C/C3(C(=O)OCC(=O)NC(C)C(=O)N4CCCC(C(N)=O)N4)CCC(O)CC3)cc2n1. The zero-order valence-electron chi connectivity index (χ0n) is 26.3. The first kappa shape index (κ1) is 34.7. The Hall–Kier alpha value is -3.83. The Bertz CT molecular complexity index is 1340. The number of nitrogens with zero attached hydrogens (tertiary/aromatic N) is 2. The van der Waals surface area contributed by atoms with Crippen LogP contribution in [0.25, 0.3) is 17.0 Å². The van der Waals surface area contributed by atoms with Gasteiger partial charge in [0, 0.05) is 17.6 Å². The first-order valence-corrected chi connectivity index (χ1v) is 15.6. The Balaban J connectivity index is 0.00000169. The number of nitrogens with one attached hydrogen (secondary N) is 2. The van der Waals surface area contributed by atoms with E-state index >= 15 is 0 Å². The highest BCUT2D eigenvalue weighted by Gasteiger charge is 2.41. The molecular formula is C33H47N5O6. The van der Waals surface area contributed by atoms with Crippen molar-refractivity contribution in [3.05, 3.63) is 47.7 Å². The van der Waals surface area contributed by atoms with Crippen LogP contribution in [0.5, 0.6) is 0 Å². The van der Waals surface area contributed by atoms with E-state index in [1.807, 2.05) is 42.5 Å². The summed E-state index contributed by atoms with van der Waals surface area (Å²) in [6, 6.07) is 8.40. The molecular weight excluding hydrogens is 562 g/mol. The van der Waals surface area contributed by atoms with E-state index in [9.17, 15) is 24.3 Å². The Morgan fingerprint density at radius 2 is 1.84 bits per heavy atom. The van der Waals surface area contributed by atoms with Crippen LogP contribution in [-0.4, -0.2) is 70.1 Å². The lowest BCUT2D eigenvalue weighted by Gasteiger charge is -2.34. The van der Waals surface area contributed by atoms with Crippen molar-refractivity contribution in [2.45, 2.75) is 97.2 Å². The average molecular weight is 610 g/mol. The number of rotatable bonds is 9. The second-order valence-electron chi connectivity index (χ2n) is 11.6. The molecule has 1 aliphatic carbocycles. The van der Waals surface area contributed by atoms with Gasteiger partial charge in [-0.2, -0.15) is 0 Å². The topological polar surface area (TPSA) is 164 Å². The summed E-state index contributed by atoms with van der Waals surface area (Å²) in [6.07, 6.45) is 8.04. The summed E-state index contributed by atoms with van der Waals surface area (Å²) in [5.74, 6) is -2.15. The van der Waals surface area contributed by atoms with Gasteiger partial charge in [0.15, 0.2) is 6.61 Å². The van der Waals surface area contributed by atoms with Crippen molar-refractivity contribution in [2.24, 2.45) is 11.1 Å². The summed E-state index contributed by atoms with van der Waals surface area (Å²) in [6.45, 7) is 7.65. The van der Waals surface area contributed by atoms with Crippen molar-refractivity contribution in [1.29, 1.82) is 0 Å². The molecule has 0 bridgehead atoms. The predicted molar refractivity (Wildman–Crippen MR) is 169 cm³/mol. The van der Waals surface area contributed by atoms with E-state index in [1.54, 1.807) is 0 Å². The molecule has 0 radical (unpaired) electrons. The van der Waals surface area contributed by atoms with E-state index in [2.05, 4.69) is 36.5 Å². The number of fused-ring (bicyclic) bond motifs is 1. The Kier molecular flexibility index (Phi) is 12.8. The highest BCUT2D eigenvalue weighted by molar-refractivity contribution is 5.90. The molecule has 1 aromatic heterocycles. The van der Waals surface area contributed by atoms with E-state index in [0.29, 0.717) is 45.1 Å². The fourth-order valence-electron chi connectivity index (χ4n) is 5.29. The molecule has 2 fully saturated rings. The van der Waals surface area contributed by atoms with Gasteiger partial charge in [-0.3, -0.25) is 29.2 Å². The lowest BCUT2D eigenvalue weighted by atomic mass is 9.72. The maximum Gasteiger partial charge on any atom is 0.316 e. The van der Waals surface area contributed by atoms with E-state index in [-0.39, 0.29) is 0 Å². The van der Waals surface area contributed by atoms with Crippen LogP contribution in [0, 0.1) is 5.41 Å². The molecule has 11 heteroatoms. The van der Waals surface area contributed by atoms with Crippen molar-refractivity contribution < 1.29 is 29.0 Å². The summed E-state index contributed by atoms with van der Waals surface area (Å²) >= 11 is 0. The molecule has 240 valence electrons. The van der Waals surface area contributed by atoms with Crippen LogP contribution < -0.4 is 16.5 Å². The molecule has 2 atom stereocenters. The smallest absolute Gasteiger partial charge is 0.316 e. The molecule has 1 aliphatic heterocycles. The monoisotopic (exact) mass is 609 g/mol. The number of aryl methyl sites for hydroxylation is 1. The van der Waals surface area contributed by atoms with Gasteiger partial charge in [-0.15, -0.1) is 0 Å². The number of benzene rings is 1. The number of aromatic nitrogens is 1. The van der Waals surface area contributed by atoms with E-state index in [0.717, 1.165) is 28.6 Å². The fourth-order valence-corrected chi connectivity index (χ4v) is 5.29. The molecule has 2 heterocycles. The van der Waals surface area contributed by atoms with Crippen molar-refractivity contribution in [1.82, 2.24) is 20.7 Å². The zero-order valence-corrected chi connectivity index (χ0v) is 26.3. The van der Waals surface area contributed by atoms with Crippen molar-refractivity contribution in [2.75, 3.05) is 13.2 Å². The Morgan fingerprint density at radius 1 is 1.16 bits per heavy atom. The van der Waals surface area contributed by atoms with Crippen LogP contribution in [0.1, 0.15) is 83.9 Å². The van der Waals surface area contributed by atoms with Crippen LogP contribution in [0.15, 0.2) is 36.4 Å². The lowest BCUT2D eigenvalue weighted by molar-refractivity contribution is -0.159. The van der Waals surface area contributed by atoms with Gasteiger partial charge >= 0.3 is 5.97 Å². The minimum absolute atomic E-state index is 0.381. The van der Waals surface area contributed by atoms with Gasteiger partial charge in [0.2, 0.25) is 5.91 Å². The van der Waals surface area contributed by atoms with Crippen molar-refractivity contribution in [3.8, 4) is 0 Å². The standard InChI is InChI=1S/C30H39N5O6.C3H8/c1-3-22-9-8-21-7-6-20(17-25(21)33-22)10-13-30(14-11-23(36)12-15-30)29(40)41-18-26(37)32-19(2)28(39)35-16-4-5-24(34-35)27(31)38;1-3-2/h6-10,13,17,19,23-24,34,36H,3-5,11-12,14-16,18H2,1-2H3,(H2,31,38)(H,32,37);3H2,1-2H3/b13-10+;. The van der Waals surface area contributed by atoms with Crippen LogP contribution >= 0.6 is 0 Å². The molecule has 1 saturated heterocycles. The number of primary amides is 1. The zero-order chi connectivity index (χ0) is 32.3. The number of ether oxygens (including phenoxy) is 1. The van der Waals surface area contributed by atoms with Gasteiger partial charge in [-0.05, 0) is 69.6 Å². The summed E-state index contributed by atoms with van der Waals surface area (Å²) in [7, 11) is 0. The second-order valence-corrected chi connectivity index (χ2v) is 11.6. The molecule has 11 nitrogen and oxygen atoms in total. The molecule has 2 unspecified atom stereocenters. The first-order valence-electron chi connectivity index (χ1n) is 15.6. The van der Waals surface area contributed by atoms with E-state index in [4.69, 9.17) is 10.5 Å². The number of aliphatic hydroxyl groups is 1. The third kappa shape index (κ3) is 9.33. The molecule has 1 saturated carbocycles. The van der Waals surface area contributed by atoms with Gasteiger partial charge in [0.25, 0.3) is 11.8 Å². The number of hydrogen-bond donors (Lipinski definition) is 4. The minimum Gasteiger partial charge on any atom is -0.455 e. The van der Waals surface area contributed by atoms with Gasteiger partial charge in [0.05, 0.1) is 17.0 Å². The highest BCUT2D eigenvalue weighted by atomic mass is 16.5. The van der Waals surface area contributed by atoms with Crippen LogP contribution in [0.3, 0.4) is 0 Å². The second kappa shape index (κ2) is 16.3. The number of amides is 3. The summed E-state index contributed by atoms with van der Waals surface area (Å²) in [5.41, 5.74) is 9.89. The number of aliphatic hydroxyl groups excluding tert-OH is 1. The number of hydrazine groups is 1. The van der Waals surface area contributed by atoms with Crippen molar-refractivity contribution in [3.63, 3.8) is 0 Å². The molecule has 0 spiro atoms. The maximum absolute atomic E-state index is 13.3. The quantitative estimate of drug-likeness (QED) is 0.315. The number of esters is 1. The number of pyridine rings is 1. The third-order valence-electron chi connectivity index (χ3n) is 7.86. The van der Waals surface area contributed by atoms with Crippen LogP contribution in [0.4, 0.5) is 0 Å². The normalized spacial score (nSPS) is 22.5. The van der Waals surface area contributed by atoms with Crippen molar-refractivity contribution >= 4 is 40.7 Å². The first-order chi connectivity index (χ1) is 21.0. The summed E-state index contributed by atoms with van der Waals surface area (Å²) in [5, 5.41) is 14.9. The van der Waals surface area contributed by atoms with Gasteiger partial charge in [0.1, 0.15) is 12.1 Å². The van der Waals surface area contributed by atoms with Crippen LogP contribution in [-0.2, 0) is 30.3 Å². The van der Waals surface area contributed by atoms with Crippen LogP contribution in [0.2, 0.25) is 0 Å². The van der Waals surface area contributed by atoms with Gasteiger partial charge in [-0.1, -0.05) is 57.5 Å². The molecule has 3 amide bonds. The highest BCUT2D eigenvalue weighted by Crippen LogP contribution is 2.39. The Labute approximate surface area is 259 Å². The van der Waals surface area contributed by atoms with Gasteiger partial charge < -0.3 is 20.9 Å². The molecule has 44 heavy (non-hydrogen) atoms. The molecule has 1 aromatic carbocycles. The Morgan fingerprint density at radius 3 is 2.50 bits per heavy atom. The summed E-state index contributed by atoms with van der Waals surface area (Å²) in [4.78, 5) is 54.9. The molecule has 2 aromatic rings. The summed E-state index contributed by atoms with van der Waals surface area (Å²) < 4.78 is 5.45. The number of hydrogen-bond acceptors (Lipinski definition) is 8. The lowest BCUT2D eigenvalue weighted by Crippen LogP contribution is -2.60. The number of carbonyl (C=O) groups is 4. The largest absolute Gasteiger partial charge is 0.455 e. The van der Waals surface area contributed by atoms with Gasteiger partial charge in [-0.25, -0.2) is 5.43 Å². The fraction of sp³-hybridized carbons (Fsp3) is 0.545. The maximum atomic E-state index is 13.3. The number of carbonyl (C=O) groups excluding carboxylic acids is 4. The predicted octanol–water partition coefficient (Wildman–Crippen LogP) is 3.18. The molecule has 2 aliphatic rings. The third-order valence-corrected chi connectivity index (χ3v) is 7.86. The van der Waals surface area contributed by atoms with E-state index < -0.39 is 53.9 Å². The molecule has 5 N–H and O–H groups in total. The van der Waals surface area contributed by atoms with E-state index in [1.165, 1.54) is 18.4 Å². The molecule has 4 rings (SSSR count). The number of nitrogens with two attached hydrogens (primary N) is 1. The minimum atomic E-state index is -0.990. The average Bonchev–Trinajstić information content (AvgIpc) is 3.03.